The average Bonchev–Trinajstić information content (AvgIpc) is 2.96. The van der Waals surface area contributed by atoms with Crippen LogP contribution in [-0.4, -0.2) is 19.1 Å². The number of hydrogen-bond donors (Lipinski definition) is 1. The van der Waals surface area contributed by atoms with Crippen molar-refractivity contribution in [2.45, 2.75) is 117 Å². The van der Waals surface area contributed by atoms with Gasteiger partial charge in [0.05, 0.1) is 6.61 Å². The Morgan fingerprint density at radius 3 is 1.55 bits per heavy atom. The summed E-state index contributed by atoms with van der Waals surface area (Å²) in [6.07, 6.45) is 21.9. The number of rotatable bonds is 23. The molecule has 1 radical (unpaired) electrons. The molecule has 3 heteroatoms. The molecule has 0 aliphatic rings. The van der Waals surface area contributed by atoms with Crippen LogP contribution in [0.15, 0.2) is 60.7 Å². The van der Waals surface area contributed by atoms with Crippen molar-refractivity contribution >= 4 is 5.91 Å². The molecule has 0 fully saturated rings. The number of hydrogen-bond acceptors (Lipinski definition) is 2. The molecule has 0 aliphatic carbocycles. The molecule has 0 bridgehead atoms. The molecule has 211 valence electrons. The lowest BCUT2D eigenvalue weighted by molar-refractivity contribution is -0.125. The topological polar surface area (TPSA) is 38.3 Å². The van der Waals surface area contributed by atoms with Crippen molar-refractivity contribution in [3.8, 4) is 0 Å². The maximum Gasteiger partial charge on any atom is 0.223 e. The Morgan fingerprint density at radius 2 is 1.11 bits per heavy atom. The Kier molecular flexibility index (Phi) is 18.4. The van der Waals surface area contributed by atoms with Crippen LogP contribution in [0.2, 0.25) is 0 Å². The monoisotopic (exact) mass is 520 g/mol. The van der Waals surface area contributed by atoms with Gasteiger partial charge in [0.2, 0.25) is 5.91 Å². The quantitative estimate of drug-likeness (QED) is 0.148. The number of unbranched alkanes of at least 4 members (excludes halogenated alkanes) is 13. The van der Waals surface area contributed by atoms with Crippen molar-refractivity contribution in [2.24, 2.45) is 5.92 Å². The van der Waals surface area contributed by atoms with Crippen molar-refractivity contribution < 1.29 is 9.53 Å². The minimum absolute atomic E-state index is 0.110. The van der Waals surface area contributed by atoms with Crippen LogP contribution >= 0.6 is 0 Å². The molecule has 3 nitrogen and oxygen atoms in total. The lowest BCUT2D eigenvalue weighted by Gasteiger charge is -2.19. The fourth-order valence-electron chi connectivity index (χ4n) is 5.09. The summed E-state index contributed by atoms with van der Waals surface area (Å²) in [5.74, 6) is 0.283. The number of amides is 1. The number of ether oxygens (including phenoxy) is 1. The molecule has 38 heavy (non-hydrogen) atoms. The van der Waals surface area contributed by atoms with Crippen molar-refractivity contribution in [1.82, 2.24) is 5.32 Å². The number of carbonyl (C=O) groups is 1. The van der Waals surface area contributed by atoms with E-state index in [-0.39, 0.29) is 11.8 Å². The lowest BCUT2D eigenvalue weighted by atomic mass is 9.97. The maximum absolute atomic E-state index is 12.8. The van der Waals surface area contributed by atoms with Gasteiger partial charge in [-0.05, 0) is 24.0 Å². The summed E-state index contributed by atoms with van der Waals surface area (Å²) in [5, 5.41) is 3.11. The predicted molar refractivity (Wildman–Crippen MR) is 162 cm³/mol. The van der Waals surface area contributed by atoms with Crippen LogP contribution < -0.4 is 5.32 Å². The zero-order valence-corrected chi connectivity index (χ0v) is 24.4. The maximum atomic E-state index is 12.8. The van der Waals surface area contributed by atoms with Gasteiger partial charge in [-0.15, -0.1) is 0 Å². The third kappa shape index (κ3) is 14.1. The Bertz CT molecular complexity index is 768. The van der Waals surface area contributed by atoms with Crippen molar-refractivity contribution in [3.63, 3.8) is 0 Å². The molecular weight excluding hydrogens is 466 g/mol. The molecule has 2 aromatic rings. The standard InChI is InChI=1S/C35H54NO2/c1-3-5-6-7-8-9-10-11-12-13-14-15-16-19-24-31(4-2)35(37)36-29-30-38-34(32-25-20-17-21-26-32)33-27-22-18-23-28-33/h17-18,20-23,25-28,31H,3-16,19,24,29-30H2,1-2H3,(H,36,37). The molecular formula is C35H54NO2. The van der Waals surface area contributed by atoms with Crippen LogP contribution in [0.25, 0.3) is 0 Å². The summed E-state index contributed by atoms with van der Waals surface area (Å²) in [6.45, 7) is 5.39. The summed E-state index contributed by atoms with van der Waals surface area (Å²) < 4.78 is 6.17. The fourth-order valence-corrected chi connectivity index (χ4v) is 5.09. The van der Waals surface area contributed by atoms with Gasteiger partial charge >= 0.3 is 0 Å². The first-order valence-corrected chi connectivity index (χ1v) is 15.6. The van der Waals surface area contributed by atoms with Gasteiger partial charge in [0, 0.05) is 12.5 Å². The van der Waals surface area contributed by atoms with Crippen molar-refractivity contribution in [1.29, 1.82) is 0 Å². The molecule has 0 aliphatic heterocycles. The lowest BCUT2D eigenvalue weighted by Crippen LogP contribution is -2.33. The molecule has 0 aromatic heterocycles. The van der Waals surface area contributed by atoms with Crippen LogP contribution in [0.4, 0.5) is 0 Å². The molecule has 0 heterocycles. The first-order valence-electron chi connectivity index (χ1n) is 15.6. The first-order chi connectivity index (χ1) is 18.8. The van der Waals surface area contributed by atoms with E-state index in [1.54, 1.807) is 0 Å². The second-order valence-corrected chi connectivity index (χ2v) is 10.7. The van der Waals surface area contributed by atoms with E-state index in [9.17, 15) is 4.79 Å². The smallest absolute Gasteiger partial charge is 0.223 e. The summed E-state index contributed by atoms with van der Waals surface area (Å²) in [4.78, 5) is 12.8. The minimum Gasteiger partial charge on any atom is -0.360 e. The SMILES string of the molecule is CCCCCCCCCCCCCCCCC(CC)C(=O)NCCO[C](c1ccccc1)c1ccccc1. The summed E-state index contributed by atoms with van der Waals surface area (Å²) in [7, 11) is 0. The van der Waals surface area contributed by atoms with Gasteiger partial charge in [-0.25, -0.2) is 0 Å². The molecule has 0 saturated heterocycles. The molecule has 0 saturated carbocycles. The summed E-state index contributed by atoms with van der Waals surface area (Å²) >= 11 is 0. The molecule has 0 spiro atoms. The summed E-state index contributed by atoms with van der Waals surface area (Å²) in [5.41, 5.74) is 2.10. The predicted octanol–water partition coefficient (Wildman–Crippen LogP) is 9.65. The number of carbonyl (C=O) groups excluding carboxylic acids is 1. The number of nitrogens with one attached hydrogen (secondary N) is 1. The zero-order chi connectivity index (χ0) is 27.1. The van der Waals surface area contributed by atoms with Gasteiger partial charge < -0.3 is 10.1 Å². The Hall–Kier alpha value is -2.13. The van der Waals surface area contributed by atoms with Gasteiger partial charge in [0.1, 0.15) is 0 Å². The highest BCUT2D eigenvalue weighted by molar-refractivity contribution is 5.78. The van der Waals surface area contributed by atoms with E-state index in [2.05, 4.69) is 43.4 Å². The fraction of sp³-hybridized carbons (Fsp3) is 0.600. The van der Waals surface area contributed by atoms with E-state index < -0.39 is 0 Å². The van der Waals surface area contributed by atoms with E-state index in [1.807, 2.05) is 36.4 Å². The van der Waals surface area contributed by atoms with Crippen LogP contribution in [0.3, 0.4) is 0 Å². The minimum atomic E-state index is 0.110. The normalized spacial score (nSPS) is 12.1. The average molecular weight is 521 g/mol. The summed E-state index contributed by atoms with van der Waals surface area (Å²) in [6, 6.07) is 20.3. The largest absolute Gasteiger partial charge is 0.360 e. The molecule has 2 rings (SSSR count). The van der Waals surface area contributed by atoms with Crippen molar-refractivity contribution in [3.05, 3.63) is 77.9 Å². The van der Waals surface area contributed by atoms with E-state index in [0.717, 1.165) is 36.5 Å². The van der Waals surface area contributed by atoms with E-state index >= 15 is 0 Å². The first kappa shape index (κ1) is 32.1. The van der Waals surface area contributed by atoms with E-state index in [4.69, 9.17) is 4.74 Å². The van der Waals surface area contributed by atoms with Crippen LogP contribution in [-0.2, 0) is 9.53 Å². The molecule has 1 unspecified atom stereocenters. The third-order valence-corrected chi connectivity index (χ3v) is 7.49. The van der Waals surface area contributed by atoms with Gasteiger partial charge in [-0.2, -0.15) is 0 Å². The highest BCUT2D eigenvalue weighted by Crippen LogP contribution is 2.24. The zero-order valence-electron chi connectivity index (χ0n) is 24.4. The van der Waals surface area contributed by atoms with E-state index in [1.165, 1.54) is 83.5 Å². The van der Waals surface area contributed by atoms with Gasteiger partial charge in [-0.1, -0.05) is 164 Å². The molecule has 2 aromatic carbocycles. The van der Waals surface area contributed by atoms with Crippen LogP contribution in [0.5, 0.6) is 0 Å². The second kappa shape index (κ2) is 21.8. The van der Waals surface area contributed by atoms with Gasteiger partial charge in [-0.3, -0.25) is 4.79 Å². The van der Waals surface area contributed by atoms with Gasteiger partial charge in [0.25, 0.3) is 0 Å². The third-order valence-electron chi connectivity index (χ3n) is 7.49. The molecule has 1 atom stereocenters. The van der Waals surface area contributed by atoms with Crippen molar-refractivity contribution in [2.75, 3.05) is 13.2 Å². The molecule has 1 amide bonds. The van der Waals surface area contributed by atoms with Crippen LogP contribution in [0.1, 0.15) is 128 Å². The molecule has 1 N–H and O–H groups in total. The van der Waals surface area contributed by atoms with Crippen LogP contribution in [0, 0.1) is 12.0 Å². The highest BCUT2D eigenvalue weighted by atomic mass is 16.5. The second-order valence-electron chi connectivity index (χ2n) is 10.7. The highest BCUT2D eigenvalue weighted by Gasteiger charge is 2.18. The Labute approximate surface area is 234 Å². The van der Waals surface area contributed by atoms with Gasteiger partial charge in [0.15, 0.2) is 6.10 Å². The Balaban J connectivity index is 1.53. The van der Waals surface area contributed by atoms with E-state index in [0.29, 0.717) is 13.2 Å². The number of benzene rings is 2. The Morgan fingerprint density at radius 1 is 0.658 bits per heavy atom.